The first-order chi connectivity index (χ1) is 8.54. The molecule has 1 saturated carbocycles. The van der Waals surface area contributed by atoms with Crippen LogP contribution in [0.1, 0.15) is 45.1 Å². The molecule has 1 fully saturated rings. The van der Waals surface area contributed by atoms with Crippen molar-refractivity contribution in [3.63, 3.8) is 0 Å². The molecule has 1 aliphatic carbocycles. The van der Waals surface area contributed by atoms with Crippen molar-refractivity contribution in [2.24, 2.45) is 5.92 Å². The van der Waals surface area contributed by atoms with Crippen molar-refractivity contribution in [2.45, 2.75) is 45.1 Å². The van der Waals surface area contributed by atoms with Gasteiger partial charge in [-0.3, -0.25) is 14.3 Å². The maximum Gasteiger partial charge on any atom is 0.329 e. The zero-order chi connectivity index (χ0) is 13.3. The molecule has 18 heavy (non-hydrogen) atoms. The second-order valence-corrected chi connectivity index (χ2v) is 5.21. The second kappa shape index (κ2) is 5.26. The van der Waals surface area contributed by atoms with Crippen LogP contribution in [0.5, 0.6) is 0 Å². The Hall–Kier alpha value is -1.10. The van der Waals surface area contributed by atoms with Gasteiger partial charge in [0, 0.05) is 6.04 Å². The number of aromatic amines is 1. The van der Waals surface area contributed by atoms with Crippen molar-refractivity contribution >= 4 is 11.6 Å². The van der Waals surface area contributed by atoms with E-state index >= 15 is 0 Å². The van der Waals surface area contributed by atoms with Gasteiger partial charge in [0.25, 0.3) is 5.56 Å². The third kappa shape index (κ3) is 2.36. The Balaban J connectivity index is 2.42. The topological polar surface area (TPSA) is 54.9 Å². The molecule has 0 saturated heterocycles. The van der Waals surface area contributed by atoms with Crippen LogP contribution in [0, 0.1) is 11.7 Å². The van der Waals surface area contributed by atoms with Gasteiger partial charge in [0.05, 0.1) is 0 Å². The minimum atomic E-state index is -1.07. The van der Waals surface area contributed by atoms with E-state index in [2.05, 4.69) is 11.9 Å². The second-order valence-electron chi connectivity index (χ2n) is 4.83. The molecular formula is C12H16ClFN2O2. The highest BCUT2D eigenvalue weighted by Gasteiger charge is 2.26. The number of H-pyrrole nitrogens is 1. The Morgan fingerprint density at radius 3 is 2.83 bits per heavy atom. The average molecular weight is 275 g/mol. The molecule has 1 heterocycles. The van der Waals surface area contributed by atoms with Gasteiger partial charge in [0.1, 0.15) is 0 Å². The summed E-state index contributed by atoms with van der Waals surface area (Å²) in [6, 6.07) is -0.216. The van der Waals surface area contributed by atoms with Gasteiger partial charge in [-0.05, 0) is 18.8 Å². The van der Waals surface area contributed by atoms with Gasteiger partial charge in [-0.25, -0.2) is 4.79 Å². The quantitative estimate of drug-likeness (QED) is 0.843. The predicted octanol–water partition coefficient (Wildman–Crippen LogP) is 2.47. The Labute approximate surface area is 109 Å². The first-order valence-electron chi connectivity index (χ1n) is 6.24. The molecule has 2 rings (SSSR count). The number of hydrogen-bond acceptors (Lipinski definition) is 2. The molecule has 4 nitrogen and oxygen atoms in total. The minimum Gasteiger partial charge on any atom is -0.295 e. The van der Waals surface area contributed by atoms with Crippen LogP contribution in [-0.2, 0) is 0 Å². The SMILES string of the molecule is CCC1CCCC(n2c(=O)[nH]c(Cl)c(F)c2=O)C1. The van der Waals surface area contributed by atoms with Gasteiger partial charge in [-0.1, -0.05) is 37.8 Å². The fourth-order valence-corrected chi connectivity index (χ4v) is 2.86. The fraction of sp³-hybridized carbons (Fsp3) is 0.667. The molecule has 1 N–H and O–H groups in total. The largest absolute Gasteiger partial charge is 0.329 e. The molecular weight excluding hydrogens is 259 g/mol. The van der Waals surface area contributed by atoms with Crippen LogP contribution >= 0.6 is 11.6 Å². The van der Waals surface area contributed by atoms with Crippen LogP contribution in [0.2, 0.25) is 5.15 Å². The summed E-state index contributed by atoms with van der Waals surface area (Å²) in [5, 5.41) is -0.510. The van der Waals surface area contributed by atoms with Gasteiger partial charge in [-0.15, -0.1) is 0 Å². The molecule has 0 spiro atoms. The number of rotatable bonds is 2. The molecule has 2 atom stereocenters. The lowest BCUT2D eigenvalue weighted by Crippen LogP contribution is -2.41. The molecule has 0 radical (unpaired) electrons. The van der Waals surface area contributed by atoms with Gasteiger partial charge in [-0.2, -0.15) is 4.39 Å². The van der Waals surface area contributed by atoms with E-state index in [0.29, 0.717) is 5.92 Å². The van der Waals surface area contributed by atoms with E-state index in [1.54, 1.807) is 0 Å². The van der Waals surface area contributed by atoms with Gasteiger partial charge in [0.2, 0.25) is 5.82 Å². The van der Waals surface area contributed by atoms with Crippen LogP contribution in [0.3, 0.4) is 0 Å². The van der Waals surface area contributed by atoms with Crippen molar-refractivity contribution in [1.29, 1.82) is 0 Å². The molecule has 1 aromatic rings. The van der Waals surface area contributed by atoms with Crippen LogP contribution in [0.15, 0.2) is 9.59 Å². The van der Waals surface area contributed by atoms with Crippen molar-refractivity contribution in [3.05, 3.63) is 31.8 Å². The summed E-state index contributed by atoms with van der Waals surface area (Å²) in [7, 11) is 0. The van der Waals surface area contributed by atoms with Crippen molar-refractivity contribution in [2.75, 3.05) is 0 Å². The van der Waals surface area contributed by atoms with Crippen LogP contribution in [0.4, 0.5) is 4.39 Å². The van der Waals surface area contributed by atoms with E-state index in [0.717, 1.165) is 36.7 Å². The van der Waals surface area contributed by atoms with Crippen molar-refractivity contribution in [3.8, 4) is 0 Å². The third-order valence-electron chi connectivity index (χ3n) is 3.73. The number of hydrogen-bond donors (Lipinski definition) is 1. The van der Waals surface area contributed by atoms with E-state index in [-0.39, 0.29) is 6.04 Å². The predicted molar refractivity (Wildman–Crippen MR) is 67.6 cm³/mol. The Bertz CT molecular complexity index is 552. The number of nitrogens with one attached hydrogen (secondary N) is 1. The average Bonchev–Trinajstić information content (AvgIpc) is 2.36. The van der Waals surface area contributed by atoms with E-state index < -0.39 is 22.2 Å². The van der Waals surface area contributed by atoms with Gasteiger partial charge < -0.3 is 0 Å². The molecule has 0 bridgehead atoms. The summed E-state index contributed by atoms with van der Waals surface area (Å²) >= 11 is 5.44. The lowest BCUT2D eigenvalue weighted by Gasteiger charge is -2.29. The van der Waals surface area contributed by atoms with Gasteiger partial charge >= 0.3 is 5.69 Å². The zero-order valence-electron chi connectivity index (χ0n) is 10.2. The van der Waals surface area contributed by atoms with Crippen LogP contribution in [-0.4, -0.2) is 9.55 Å². The van der Waals surface area contributed by atoms with Crippen molar-refractivity contribution in [1.82, 2.24) is 9.55 Å². The highest BCUT2D eigenvalue weighted by Crippen LogP contribution is 2.32. The minimum absolute atomic E-state index is 0.216. The number of aromatic nitrogens is 2. The first kappa shape index (κ1) is 13.3. The van der Waals surface area contributed by atoms with Crippen molar-refractivity contribution < 1.29 is 4.39 Å². The maximum atomic E-state index is 13.5. The first-order valence-corrected chi connectivity index (χ1v) is 6.62. The highest BCUT2D eigenvalue weighted by molar-refractivity contribution is 6.29. The normalized spacial score (nSPS) is 24.2. The molecule has 1 aromatic heterocycles. The molecule has 1 aliphatic rings. The highest BCUT2D eigenvalue weighted by atomic mass is 35.5. The summed E-state index contributed by atoms with van der Waals surface area (Å²) < 4.78 is 14.5. The van der Waals surface area contributed by atoms with E-state index in [9.17, 15) is 14.0 Å². The van der Waals surface area contributed by atoms with Crippen LogP contribution < -0.4 is 11.2 Å². The summed E-state index contributed by atoms with van der Waals surface area (Å²) in [5.74, 6) is -0.580. The summed E-state index contributed by atoms with van der Waals surface area (Å²) in [5.41, 5.74) is -1.53. The Morgan fingerprint density at radius 1 is 1.44 bits per heavy atom. The number of nitrogens with zero attached hydrogens (tertiary/aromatic N) is 1. The number of halogens is 2. The molecule has 100 valence electrons. The summed E-state index contributed by atoms with van der Waals surface area (Å²) in [6.45, 7) is 2.09. The summed E-state index contributed by atoms with van der Waals surface area (Å²) in [6.07, 6.45) is 4.56. The van der Waals surface area contributed by atoms with E-state index in [1.165, 1.54) is 0 Å². The Morgan fingerprint density at radius 2 is 2.17 bits per heavy atom. The van der Waals surface area contributed by atoms with Crippen LogP contribution in [0.25, 0.3) is 0 Å². The third-order valence-corrected chi connectivity index (χ3v) is 3.99. The van der Waals surface area contributed by atoms with E-state index in [4.69, 9.17) is 11.6 Å². The van der Waals surface area contributed by atoms with E-state index in [1.807, 2.05) is 0 Å². The lowest BCUT2D eigenvalue weighted by atomic mass is 9.84. The molecule has 0 amide bonds. The summed E-state index contributed by atoms with van der Waals surface area (Å²) in [4.78, 5) is 25.7. The molecule has 0 aromatic carbocycles. The monoisotopic (exact) mass is 274 g/mol. The Kier molecular flexibility index (Phi) is 3.90. The standard InChI is InChI=1S/C12H16ClFN2O2/c1-2-7-4-3-5-8(6-7)16-11(17)9(14)10(13)15-12(16)18/h7-8H,2-6H2,1H3,(H,15,18). The zero-order valence-corrected chi connectivity index (χ0v) is 11.0. The fourth-order valence-electron chi connectivity index (χ4n) is 2.70. The molecule has 6 heteroatoms. The smallest absolute Gasteiger partial charge is 0.295 e. The van der Waals surface area contributed by atoms with Gasteiger partial charge in [0.15, 0.2) is 5.15 Å². The lowest BCUT2D eigenvalue weighted by molar-refractivity contribution is 0.249. The molecule has 2 unspecified atom stereocenters. The maximum absolute atomic E-state index is 13.5. The molecule has 0 aliphatic heterocycles.